The number of hydrogen-bond acceptors (Lipinski definition) is 9. The molecule has 0 fully saturated rings. The molecule has 2 atom stereocenters. The summed E-state index contributed by atoms with van der Waals surface area (Å²) in [6, 6.07) is 8.89. The molecule has 1 aliphatic heterocycles. The van der Waals surface area contributed by atoms with Crippen molar-refractivity contribution in [3.63, 3.8) is 0 Å². The van der Waals surface area contributed by atoms with Gasteiger partial charge in [-0.15, -0.1) is 0 Å². The molecule has 0 radical (unpaired) electrons. The van der Waals surface area contributed by atoms with Crippen molar-refractivity contribution in [2.45, 2.75) is 24.8 Å². The lowest BCUT2D eigenvalue weighted by Gasteiger charge is -2.35. The minimum atomic E-state index is -0.479. The molecule has 2 aliphatic rings. The van der Waals surface area contributed by atoms with Crippen LogP contribution in [0.2, 0.25) is 0 Å². The van der Waals surface area contributed by atoms with E-state index in [1.54, 1.807) is 46.3 Å². The summed E-state index contributed by atoms with van der Waals surface area (Å²) in [5.74, 6) is 3.38. The predicted molar refractivity (Wildman–Crippen MR) is 131 cm³/mol. The van der Waals surface area contributed by atoms with Crippen molar-refractivity contribution in [3.8, 4) is 28.7 Å². The second kappa shape index (κ2) is 9.44. The third-order valence-corrected chi connectivity index (χ3v) is 6.76. The molecule has 3 aromatic rings. The van der Waals surface area contributed by atoms with Crippen molar-refractivity contribution in [3.05, 3.63) is 59.1 Å². The van der Waals surface area contributed by atoms with Crippen LogP contribution in [-0.4, -0.2) is 56.1 Å². The van der Waals surface area contributed by atoms with Crippen LogP contribution < -0.4 is 29.0 Å². The topological polar surface area (TPSA) is 106 Å². The van der Waals surface area contributed by atoms with Crippen LogP contribution in [0.15, 0.2) is 47.9 Å². The fourth-order valence-corrected chi connectivity index (χ4v) is 5.06. The lowest BCUT2D eigenvalue weighted by molar-refractivity contribution is -0.116. The number of rotatable bonds is 7. The van der Waals surface area contributed by atoms with E-state index in [2.05, 4.69) is 15.4 Å². The summed E-state index contributed by atoms with van der Waals surface area (Å²) < 4.78 is 29.3. The highest BCUT2D eigenvalue weighted by Gasteiger charge is 2.40. The molecule has 0 amide bonds. The van der Waals surface area contributed by atoms with Gasteiger partial charge in [0.2, 0.25) is 11.7 Å². The number of nitrogens with one attached hydrogen (secondary N) is 1. The summed E-state index contributed by atoms with van der Waals surface area (Å²) in [6.07, 6.45) is 2.39. The average molecular weight is 493 g/mol. The molecule has 2 heterocycles. The Balaban J connectivity index is 1.59. The van der Waals surface area contributed by atoms with Gasteiger partial charge in [0, 0.05) is 29.3 Å². The molecule has 10 heteroatoms. The maximum Gasteiger partial charge on any atom is 0.226 e. The zero-order valence-electron chi connectivity index (χ0n) is 20.8. The number of allylic oxidation sites excluding steroid dienone is 2. The summed E-state index contributed by atoms with van der Waals surface area (Å²) in [5.41, 5.74) is 3.20. The number of carbonyl (C=O) groups is 1. The van der Waals surface area contributed by atoms with Gasteiger partial charge in [-0.2, -0.15) is 10.1 Å². The number of ketones is 1. The summed E-state index contributed by atoms with van der Waals surface area (Å²) in [6.45, 7) is 0. The molecule has 0 saturated heterocycles. The van der Waals surface area contributed by atoms with Gasteiger partial charge in [0.15, 0.2) is 17.3 Å². The van der Waals surface area contributed by atoms with E-state index in [0.717, 1.165) is 16.8 Å². The van der Waals surface area contributed by atoms with E-state index in [9.17, 15) is 4.79 Å². The van der Waals surface area contributed by atoms with Crippen LogP contribution >= 0.6 is 0 Å². The van der Waals surface area contributed by atoms with E-state index in [1.165, 1.54) is 6.33 Å². The van der Waals surface area contributed by atoms with Gasteiger partial charge in [0.25, 0.3) is 0 Å². The number of aromatic nitrogens is 3. The maximum absolute atomic E-state index is 13.8. The molecule has 1 N–H and O–H groups in total. The van der Waals surface area contributed by atoms with Crippen LogP contribution in [-0.2, 0) is 4.79 Å². The van der Waals surface area contributed by atoms with Crippen molar-refractivity contribution < 1.29 is 28.5 Å². The third kappa shape index (κ3) is 3.78. The van der Waals surface area contributed by atoms with Gasteiger partial charge in [-0.3, -0.25) is 4.79 Å². The first-order valence-electron chi connectivity index (χ1n) is 11.5. The highest BCUT2D eigenvalue weighted by Crippen LogP contribution is 2.48. The minimum Gasteiger partial charge on any atom is -0.497 e. The van der Waals surface area contributed by atoms with Crippen molar-refractivity contribution in [1.29, 1.82) is 0 Å². The largest absolute Gasteiger partial charge is 0.497 e. The van der Waals surface area contributed by atoms with Gasteiger partial charge < -0.3 is 29.0 Å². The summed E-state index contributed by atoms with van der Waals surface area (Å²) >= 11 is 0. The molecular weight excluding hydrogens is 464 g/mol. The number of carbonyl (C=O) groups excluding carboxylic acids is 1. The molecule has 0 spiro atoms. The molecule has 10 nitrogen and oxygen atoms in total. The van der Waals surface area contributed by atoms with E-state index >= 15 is 0 Å². The number of benzene rings is 2. The van der Waals surface area contributed by atoms with Gasteiger partial charge in [-0.1, -0.05) is 0 Å². The van der Waals surface area contributed by atoms with E-state index in [-0.39, 0.29) is 11.7 Å². The molecule has 188 valence electrons. The number of Topliss-reactive ketones (excluding diaryl/α,β-unsaturated/α-hetero) is 1. The first-order chi connectivity index (χ1) is 17.5. The van der Waals surface area contributed by atoms with E-state index < -0.39 is 6.04 Å². The Kier molecular flexibility index (Phi) is 6.17. The fraction of sp³-hybridized carbons (Fsp3) is 0.346. The Hall–Kier alpha value is -4.21. The Morgan fingerprint density at radius 3 is 2.25 bits per heavy atom. The Morgan fingerprint density at radius 2 is 1.61 bits per heavy atom. The van der Waals surface area contributed by atoms with Crippen LogP contribution in [0.4, 0.5) is 5.95 Å². The van der Waals surface area contributed by atoms with Crippen LogP contribution in [0.3, 0.4) is 0 Å². The molecule has 1 aliphatic carbocycles. The zero-order valence-corrected chi connectivity index (χ0v) is 20.8. The minimum absolute atomic E-state index is 0.0199. The van der Waals surface area contributed by atoms with Crippen molar-refractivity contribution in [2.24, 2.45) is 0 Å². The molecule has 1 aromatic heterocycles. The monoisotopic (exact) mass is 492 g/mol. The number of fused-ring (bicyclic) bond motifs is 1. The van der Waals surface area contributed by atoms with Crippen molar-refractivity contribution in [2.75, 3.05) is 40.9 Å². The lowest BCUT2D eigenvalue weighted by atomic mass is 9.77. The predicted octanol–water partition coefficient (Wildman–Crippen LogP) is 3.74. The first-order valence-corrected chi connectivity index (χ1v) is 11.5. The Morgan fingerprint density at radius 1 is 0.889 bits per heavy atom. The highest BCUT2D eigenvalue weighted by molar-refractivity contribution is 6.00. The van der Waals surface area contributed by atoms with Gasteiger partial charge in [-0.25, -0.2) is 4.68 Å². The number of nitrogens with zero attached hydrogens (tertiary/aromatic N) is 3. The van der Waals surface area contributed by atoms with Gasteiger partial charge in [0.05, 0.1) is 35.5 Å². The van der Waals surface area contributed by atoms with Crippen LogP contribution in [0.1, 0.15) is 35.9 Å². The molecule has 0 bridgehead atoms. The average Bonchev–Trinajstić information content (AvgIpc) is 3.38. The molecule has 5 rings (SSSR count). The summed E-state index contributed by atoms with van der Waals surface area (Å²) in [7, 11) is 7.92. The summed E-state index contributed by atoms with van der Waals surface area (Å²) in [5, 5.41) is 7.77. The van der Waals surface area contributed by atoms with E-state index in [1.807, 2.05) is 24.3 Å². The lowest BCUT2D eigenvalue weighted by Crippen LogP contribution is -2.33. The Labute approximate surface area is 208 Å². The SMILES string of the molecule is COc1ccc([C@H]2C3=C(C[C@H](c4cc(OC)c(OC)c(OC)c4)CC3=O)Nc3ncnn32)c(OC)c1. The second-order valence-electron chi connectivity index (χ2n) is 8.54. The zero-order chi connectivity index (χ0) is 25.4. The molecular formula is C26H28N4O6. The maximum atomic E-state index is 13.8. The number of hydrogen-bond donors (Lipinski definition) is 1. The molecule has 2 aromatic carbocycles. The molecule has 0 unspecified atom stereocenters. The van der Waals surface area contributed by atoms with E-state index in [4.69, 9.17) is 23.7 Å². The second-order valence-corrected chi connectivity index (χ2v) is 8.54. The number of ether oxygens (including phenoxy) is 5. The first kappa shape index (κ1) is 23.5. The molecule has 0 saturated carbocycles. The Bertz CT molecular complexity index is 1320. The fourth-order valence-electron chi connectivity index (χ4n) is 5.06. The number of anilines is 1. The van der Waals surface area contributed by atoms with Crippen molar-refractivity contribution in [1.82, 2.24) is 14.8 Å². The number of methoxy groups -OCH3 is 5. The van der Waals surface area contributed by atoms with Crippen LogP contribution in [0.5, 0.6) is 28.7 Å². The van der Waals surface area contributed by atoms with Gasteiger partial charge >= 0.3 is 0 Å². The molecule has 36 heavy (non-hydrogen) atoms. The standard InChI is InChI=1S/C26H28N4O6/c1-32-16-6-7-17(20(12-16)33-2)24-23-18(29-26-27-13-28-30(24)26)8-14(9-19(23)31)15-10-21(34-3)25(36-5)22(11-15)35-4/h6-7,10-14,24H,8-9H2,1-5H3,(H,27,28,29)/t14-,24-/m0/s1. The normalized spacial score (nSPS) is 18.6. The smallest absolute Gasteiger partial charge is 0.226 e. The van der Waals surface area contributed by atoms with Gasteiger partial charge in [-0.05, 0) is 42.2 Å². The van der Waals surface area contributed by atoms with Crippen LogP contribution in [0.25, 0.3) is 0 Å². The quantitative estimate of drug-likeness (QED) is 0.528. The van der Waals surface area contributed by atoms with E-state index in [0.29, 0.717) is 53.1 Å². The van der Waals surface area contributed by atoms with Crippen molar-refractivity contribution >= 4 is 11.7 Å². The highest BCUT2D eigenvalue weighted by atomic mass is 16.5. The summed E-state index contributed by atoms with van der Waals surface area (Å²) in [4.78, 5) is 18.2. The van der Waals surface area contributed by atoms with Gasteiger partial charge in [0.1, 0.15) is 23.9 Å². The van der Waals surface area contributed by atoms with Crippen LogP contribution in [0, 0.1) is 0 Å². The third-order valence-electron chi connectivity index (χ3n) is 6.76.